The Bertz CT molecular complexity index is 3420. The van der Waals surface area contributed by atoms with Crippen molar-refractivity contribution in [3.8, 4) is 0 Å². The molecule has 0 radical (unpaired) electrons. The van der Waals surface area contributed by atoms with E-state index in [2.05, 4.69) is 49.0 Å². The van der Waals surface area contributed by atoms with Crippen molar-refractivity contribution in [2.75, 3.05) is 52.4 Å². The van der Waals surface area contributed by atoms with Crippen LogP contribution in [0.2, 0.25) is 0 Å². The van der Waals surface area contributed by atoms with Crippen LogP contribution in [-0.2, 0) is 87.8 Å². The second kappa shape index (κ2) is 46.9. The Morgan fingerprint density at radius 1 is 0.377 bits per heavy atom. The number of hydrogen-bond donors (Lipinski definition) is 6. The molecule has 12 unspecified atom stereocenters. The molecule has 11 rings (SSSR count). The van der Waals surface area contributed by atoms with E-state index < -0.39 is 76.5 Å². The van der Waals surface area contributed by atoms with Gasteiger partial charge in [-0.1, -0.05) is 167 Å². The first-order valence-corrected chi connectivity index (χ1v) is 42.6. The highest BCUT2D eigenvalue weighted by Gasteiger charge is 2.69. The van der Waals surface area contributed by atoms with E-state index in [-0.39, 0.29) is 116 Å². The second-order valence-corrected chi connectivity index (χ2v) is 31.4. The summed E-state index contributed by atoms with van der Waals surface area (Å²) < 4.78 is 23.3. The van der Waals surface area contributed by atoms with Gasteiger partial charge in [0.15, 0.2) is 0 Å². The number of unbranched alkanes of at least 4 members (excludes halogenated alkanes) is 18. The maximum absolute atomic E-state index is 13.0. The van der Waals surface area contributed by atoms with Gasteiger partial charge in [-0.3, -0.25) is 86.7 Å². The van der Waals surface area contributed by atoms with E-state index in [1.54, 1.807) is 13.2 Å². The Labute approximate surface area is 672 Å². The number of ether oxygens (including phenoxy) is 3. The molecule has 6 N–H and O–H groups in total. The minimum atomic E-state index is -0.893. The van der Waals surface area contributed by atoms with E-state index in [0.717, 1.165) is 57.3 Å². The normalized spacial score (nSPS) is 25.6. The molecule has 11 heterocycles. The second-order valence-electron chi connectivity index (χ2n) is 31.4. The van der Waals surface area contributed by atoms with Gasteiger partial charge >= 0.3 is 11.9 Å². The Morgan fingerprint density at radius 2 is 0.693 bits per heavy atom. The van der Waals surface area contributed by atoms with E-state index >= 15 is 0 Å². The number of furan rings is 1. The molecule has 1 aromatic heterocycles. The van der Waals surface area contributed by atoms with E-state index in [0.29, 0.717) is 96.9 Å². The maximum Gasteiger partial charge on any atom is 0.303 e. The van der Waals surface area contributed by atoms with Crippen LogP contribution >= 0.6 is 0 Å². The molecule has 0 saturated carbocycles. The zero-order valence-corrected chi connectivity index (χ0v) is 68.3. The van der Waals surface area contributed by atoms with Crippen LogP contribution in [0.1, 0.15) is 259 Å². The van der Waals surface area contributed by atoms with Crippen LogP contribution in [0.5, 0.6) is 0 Å². The maximum atomic E-state index is 13.0. The van der Waals surface area contributed by atoms with Gasteiger partial charge in [-0.2, -0.15) is 0 Å². The number of nitrogens with one attached hydrogen (secondary N) is 4. The fourth-order valence-electron chi connectivity index (χ4n) is 16.9. The van der Waals surface area contributed by atoms with E-state index in [4.69, 9.17) is 28.8 Å². The first-order valence-electron chi connectivity index (χ1n) is 42.6. The molecule has 28 heteroatoms. The molecule has 6 fully saturated rings. The molecule has 1 aromatic rings. The molecule has 10 aliphatic rings. The van der Waals surface area contributed by atoms with Crippen LogP contribution in [0.25, 0.3) is 0 Å². The number of aryl methyl sites for hydroxylation is 1. The van der Waals surface area contributed by atoms with Crippen molar-refractivity contribution in [2.24, 2.45) is 35.5 Å². The van der Waals surface area contributed by atoms with Gasteiger partial charge in [-0.25, -0.2) is 0 Å². The van der Waals surface area contributed by atoms with E-state index in [9.17, 15) is 67.1 Å². The third-order valence-electron chi connectivity index (χ3n) is 23.1. The first-order chi connectivity index (χ1) is 54.9. The average molecular weight is 1590 g/mol. The van der Waals surface area contributed by atoms with Crippen molar-refractivity contribution in [3.63, 3.8) is 0 Å². The molecule has 12 amide bonds. The molecule has 0 spiro atoms. The van der Waals surface area contributed by atoms with Gasteiger partial charge in [0.1, 0.15) is 22.6 Å². The van der Waals surface area contributed by atoms with E-state index in [1.165, 1.54) is 115 Å². The lowest BCUT2D eigenvalue weighted by atomic mass is 9.75. The summed E-state index contributed by atoms with van der Waals surface area (Å²) >= 11 is 0. The Kier molecular flexibility index (Phi) is 38.1. The number of carbonyl (C=O) groups excluding carboxylic acids is 12. The number of rotatable bonds is 48. The van der Waals surface area contributed by atoms with Crippen LogP contribution in [0.4, 0.5) is 0 Å². The SMILES string of the molecule is CCCCCCCNC(=O)CCC12C=CC(O1)C1C(=O)N(CC)C(=O)C12.CCCCCCCNC(=O)CCC12C=CC(O1)C1C(=O)N(CCCCC(=O)O)C(=O)C12.CCCCCCCNC(=O)CCC12C=CC(O1)C1C(=O)N(CCCCC(=O)O)C(=O)C12.CCCCCCCNC(=O)CCc1ccco1.CCN1C(=O)C=CC1=O. The van der Waals surface area contributed by atoms with Crippen LogP contribution in [0, 0.1) is 35.5 Å². The monoisotopic (exact) mass is 1590 g/mol. The minimum absolute atomic E-state index is 0.0112. The summed E-state index contributed by atoms with van der Waals surface area (Å²) in [5, 5.41) is 29.3. The zero-order chi connectivity index (χ0) is 82.8. The smallest absolute Gasteiger partial charge is 0.303 e. The number of hydrogen-bond acceptors (Lipinski definition) is 18. The number of imide groups is 4. The molecular weight excluding hydrogens is 1460 g/mol. The number of carboxylic acids is 2. The van der Waals surface area contributed by atoms with Gasteiger partial charge in [-0.15, -0.1) is 0 Å². The van der Waals surface area contributed by atoms with E-state index in [1.807, 2.05) is 55.5 Å². The van der Waals surface area contributed by atoms with Gasteiger partial charge in [0.25, 0.3) is 11.8 Å². The third-order valence-corrected chi connectivity index (χ3v) is 23.1. The van der Waals surface area contributed by atoms with Gasteiger partial charge in [0, 0.05) is 109 Å². The molecule has 114 heavy (non-hydrogen) atoms. The number of fused-ring (bicyclic) bond motifs is 15. The zero-order valence-electron chi connectivity index (χ0n) is 68.3. The number of nitrogens with zero attached hydrogens (tertiary/aromatic N) is 4. The standard InChI is InChI=1S/2C23H34N2O6.C20H30N2O4.C14H23NO2.C6H7NO2/c2*1-2-3-4-5-7-14-24-17(26)11-13-23-12-10-16(31-23)19-20(23)22(30)25(21(19)29)15-8-6-9-18(27)28;1-3-5-6-7-8-13-21-15(23)10-12-20-11-9-14(26-20)16-17(20)19(25)22(4-2)18(16)24;1-2-3-4-5-6-11-15-14(16)10-9-13-8-7-12-17-13;1-2-7-5(8)3-4-6(7)9/h2*10,12,16,19-20H,2-9,11,13-15H2,1H3,(H,24,26)(H,27,28);9,11,14,16-17H,3-8,10,12-13H2,1-2H3,(H,21,23);7-8,12H,2-6,9-11H2,1H3,(H,15,16);3-4H,2H2,1H3. The number of carboxylic acid groups (broad SMARTS) is 2. The van der Waals surface area contributed by atoms with Gasteiger partial charge in [0.2, 0.25) is 59.1 Å². The van der Waals surface area contributed by atoms with Crippen LogP contribution < -0.4 is 21.3 Å². The lowest BCUT2D eigenvalue weighted by molar-refractivity contribution is -0.146. The average Bonchev–Trinajstić information content (AvgIpc) is 1.56. The summed E-state index contributed by atoms with van der Waals surface area (Å²) in [6, 6.07) is 3.75. The number of likely N-dealkylation sites (N-methyl/N-ethyl adjacent to an activating group) is 1. The molecule has 12 atom stereocenters. The summed E-state index contributed by atoms with van der Waals surface area (Å²) in [5.41, 5.74) is -2.57. The van der Waals surface area contributed by atoms with Crippen molar-refractivity contribution in [1.82, 2.24) is 40.9 Å². The number of amides is 12. The quantitative estimate of drug-likeness (QED) is 0.0201. The first kappa shape index (κ1) is 92.7. The number of likely N-dealkylation sites (tertiary alicyclic amines) is 3. The molecule has 6 saturated heterocycles. The topological polar surface area (TPSA) is 381 Å². The van der Waals surface area contributed by atoms with Crippen molar-refractivity contribution < 1.29 is 96.0 Å². The van der Waals surface area contributed by atoms with Crippen molar-refractivity contribution in [2.45, 2.75) is 295 Å². The summed E-state index contributed by atoms with van der Waals surface area (Å²) in [7, 11) is 0. The van der Waals surface area contributed by atoms with Crippen LogP contribution in [-0.4, -0.2) is 200 Å². The van der Waals surface area contributed by atoms with Gasteiger partial charge in [0.05, 0.1) is 60.1 Å². The van der Waals surface area contributed by atoms with Gasteiger partial charge in [-0.05, 0) is 96.6 Å². The highest BCUT2D eigenvalue weighted by atomic mass is 16.5. The fraction of sp³-hybridized carbons (Fsp3) is 0.698. The van der Waals surface area contributed by atoms with Crippen molar-refractivity contribution in [1.29, 1.82) is 0 Å². The molecule has 28 nitrogen and oxygen atoms in total. The van der Waals surface area contributed by atoms with Crippen LogP contribution in [0.3, 0.4) is 0 Å². The fourth-order valence-corrected chi connectivity index (χ4v) is 16.9. The van der Waals surface area contributed by atoms with Crippen molar-refractivity contribution in [3.05, 3.63) is 72.8 Å². The Balaban J connectivity index is 0.000000206. The number of carbonyl (C=O) groups is 14. The Hall–Kier alpha value is -8.50. The number of aliphatic carboxylic acids is 2. The summed E-state index contributed by atoms with van der Waals surface area (Å²) in [5.74, 6) is -5.68. The molecule has 0 aliphatic carbocycles. The molecular formula is C86H128N8O20. The third kappa shape index (κ3) is 25.3. The largest absolute Gasteiger partial charge is 0.481 e. The lowest BCUT2D eigenvalue weighted by Gasteiger charge is -2.28. The highest BCUT2D eigenvalue weighted by molar-refractivity contribution is 6.13. The molecule has 6 bridgehead atoms. The summed E-state index contributed by atoms with van der Waals surface area (Å²) in [6.07, 6.45) is 42.5. The summed E-state index contributed by atoms with van der Waals surface area (Å²) in [4.78, 5) is 173. The Morgan fingerprint density at radius 3 is 0.991 bits per heavy atom. The molecule has 10 aliphatic heterocycles. The predicted octanol–water partition coefficient (Wildman–Crippen LogP) is 10.2. The van der Waals surface area contributed by atoms with Crippen LogP contribution in [0.15, 0.2) is 71.4 Å². The molecule has 632 valence electrons. The summed E-state index contributed by atoms with van der Waals surface area (Å²) in [6.45, 7) is 16.4. The lowest BCUT2D eigenvalue weighted by Crippen LogP contribution is -2.41. The predicted molar refractivity (Wildman–Crippen MR) is 423 cm³/mol. The molecule has 0 aromatic carbocycles. The highest BCUT2D eigenvalue weighted by Crippen LogP contribution is 2.56. The van der Waals surface area contributed by atoms with Crippen molar-refractivity contribution >= 4 is 82.8 Å². The van der Waals surface area contributed by atoms with Gasteiger partial charge < -0.3 is 50.1 Å². The minimum Gasteiger partial charge on any atom is -0.481 e.